The third-order valence-corrected chi connectivity index (χ3v) is 2.94. The number of unbranched alkanes of at least 4 members (excludes halogenated alkanes) is 1. The molecule has 0 spiro atoms. The summed E-state index contributed by atoms with van der Waals surface area (Å²) in [6, 6.07) is 11.0. The molecule has 2 rings (SSSR count). The number of fused-ring (bicyclic) bond motifs is 1. The van der Waals surface area contributed by atoms with Crippen molar-refractivity contribution in [3.05, 3.63) is 42.0 Å². The number of benzene rings is 2. The van der Waals surface area contributed by atoms with E-state index in [1.807, 2.05) is 24.3 Å². The summed E-state index contributed by atoms with van der Waals surface area (Å²) in [5, 5.41) is 10.5. The smallest absolute Gasteiger partial charge is 0.274 e. The zero-order valence-corrected chi connectivity index (χ0v) is 10.8. The van der Waals surface area contributed by atoms with Crippen molar-refractivity contribution in [3.63, 3.8) is 0 Å². The maximum Gasteiger partial charge on any atom is 0.274 e. The summed E-state index contributed by atoms with van der Waals surface area (Å²) in [6.45, 7) is 2.84. The van der Waals surface area contributed by atoms with Crippen molar-refractivity contribution in [1.82, 2.24) is 5.48 Å². The number of carbonyl (C=O) groups excluding carboxylic acids is 1. The van der Waals surface area contributed by atoms with Crippen molar-refractivity contribution >= 4 is 16.7 Å². The van der Waals surface area contributed by atoms with Crippen LogP contribution >= 0.6 is 0 Å². The molecule has 0 saturated carbocycles. The minimum atomic E-state index is -0.509. The van der Waals surface area contributed by atoms with Crippen LogP contribution in [0.3, 0.4) is 0 Å². The van der Waals surface area contributed by atoms with Crippen LogP contribution in [0, 0.1) is 0 Å². The Balaban J connectivity index is 2.22. The number of hydrogen-bond acceptors (Lipinski definition) is 3. The molecule has 0 atom stereocenters. The second-order valence-corrected chi connectivity index (χ2v) is 4.37. The average Bonchev–Trinajstić information content (AvgIpc) is 2.46. The lowest BCUT2D eigenvalue weighted by Gasteiger charge is -2.07. The van der Waals surface area contributed by atoms with E-state index in [0.717, 1.165) is 29.4 Å². The fourth-order valence-electron chi connectivity index (χ4n) is 1.85. The Morgan fingerprint density at radius 1 is 1.21 bits per heavy atom. The molecule has 1 amide bonds. The summed E-state index contributed by atoms with van der Waals surface area (Å²) in [5.41, 5.74) is 2.05. The van der Waals surface area contributed by atoms with E-state index in [-0.39, 0.29) is 0 Å². The summed E-state index contributed by atoms with van der Waals surface area (Å²) in [4.78, 5) is 11.3. The van der Waals surface area contributed by atoms with Crippen molar-refractivity contribution in [2.75, 3.05) is 6.61 Å². The van der Waals surface area contributed by atoms with Gasteiger partial charge in [-0.3, -0.25) is 10.0 Å². The maximum atomic E-state index is 11.3. The maximum absolute atomic E-state index is 11.3. The predicted molar refractivity (Wildman–Crippen MR) is 73.6 cm³/mol. The molecule has 0 radical (unpaired) electrons. The van der Waals surface area contributed by atoms with Crippen LogP contribution < -0.4 is 10.2 Å². The molecule has 19 heavy (non-hydrogen) atoms. The molecule has 4 nitrogen and oxygen atoms in total. The summed E-state index contributed by atoms with van der Waals surface area (Å²) in [7, 11) is 0. The Hall–Kier alpha value is -2.07. The van der Waals surface area contributed by atoms with Crippen LogP contribution in [-0.2, 0) is 0 Å². The van der Waals surface area contributed by atoms with Gasteiger partial charge in [-0.2, -0.15) is 0 Å². The zero-order valence-electron chi connectivity index (χ0n) is 10.8. The van der Waals surface area contributed by atoms with Crippen LogP contribution in [0.1, 0.15) is 30.1 Å². The molecule has 2 aromatic rings. The second kappa shape index (κ2) is 6.20. The normalized spacial score (nSPS) is 10.4. The highest BCUT2D eigenvalue weighted by Gasteiger charge is 2.05. The molecule has 100 valence electrons. The number of rotatable bonds is 5. The highest BCUT2D eigenvalue weighted by atomic mass is 16.5. The SMILES string of the molecule is CCCCOc1ccc2cc(C(=O)NO)ccc2c1. The standard InChI is InChI=1S/C15H17NO3/c1-2-3-8-19-14-7-6-11-9-13(15(17)16-18)5-4-12(11)10-14/h4-7,9-10,18H,2-3,8H2,1H3,(H,16,17). The Morgan fingerprint density at radius 3 is 2.68 bits per heavy atom. The number of nitrogens with one attached hydrogen (secondary N) is 1. The minimum Gasteiger partial charge on any atom is -0.494 e. The summed E-state index contributed by atoms with van der Waals surface area (Å²) in [6.07, 6.45) is 2.14. The molecule has 0 saturated heterocycles. The van der Waals surface area contributed by atoms with Crippen LogP contribution in [0.5, 0.6) is 5.75 Å². The molecule has 0 aliphatic rings. The van der Waals surface area contributed by atoms with Crippen molar-refractivity contribution in [2.45, 2.75) is 19.8 Å². The van der Waals surface area contributed by atoms with Gasteiger partial charge < -0.3 is 4.74 Å². The first-order valence-electron chi connectivity index (χ1n) is 6.35. The largest absolute Gasteiger partial charge is 0.494 e. The number of hydrogen-bond donors (Lipinski definition) is 2. The van der Waals surface area contributed by atoms with E-state index in [1.54, 1.807) is 17.6 Å². The van der Waals surface area contributed by atoms with Gasteiger partial charge in [-0.1, -0.05) is 25.5 Å². The number of ether oxygens (including phenoxy) is 1. The van der Waals surface area contributed by atoms with Crippen molar-refractivity contribution < 1.29 is 14.7 Å². The second-order valence-electron chi connectivity index (χ2n) is 4.37. The molecular formula is C15H17NO3. The summed E-state index contributed by atoms with van der Waals surface area (Å²) < 4.78 is 5.63. The van der Waals surface area contributed by atoms with E-state index in [2.05, 4.69) is 6.92 Å². The van der Waals surface area contributed by atoms with Gasteiger partial charge in [0.25, 0.3) is 5.91 Å². The lowest BCUT2D eigenvalue weighted by atomic mass is 10.1. The van der Waals surface area contributed by atoms with Gasteiger partial charge in [0, 0.05) is 5.56 Å². The highest BCUT2D eigenvalue weighted by molar-refractivity contribution is 5.98. The first-order valence-corrected chi connectivity index (χ1v) is 6.35. The minimum absolute atomic E-state index is 0.426. The average molecular weight is 259 g/mol. The quantitative estimate of drug-likeness (QED) is 0.492. The predicted octanol–water partition coefficient (Wildman–Crippen LogP) is 3.14. The molecule has 4 heteroatoms. The van der Waals surface area contributed by atoms with Gasteiger partial charge in [0.15, 0.2) is 0 Å². The van der Waals surface area contributed by atoms with E-state index in [4.69, 9.17) is 9.94 Å². The Kier molecular flexibility index (Phi) is 4.36. The molecule has 2 N–H and O–H groups in total. The first kappa shape index (κ1) is 13.4. The van der Waals surface area contributed by atoms with E-state index in [9.17, 15) is 4.79 Å². The molecule has 0 bridgehead atoms. The van der Waals surface area contributed by atoms with Crippen LogP contribution in [-0.4, -0.2) is 17.7 Å². The summed E-state index contributed by atoms with van der Waals surface area (Å²) in [5.74, 6) is 0.325. The van der Waals surface area contributed by atoms with Crippen molar-refractivity contribution in [1.29, 1.82) is 0 Å². The number of amides is 1. The molecule has 2 aromatic carbocycles. The topological polar surface area (TPSA) is 58.6 Å². The van der Waals surface area contributed by atoms with Gasteiger partial charge in [-0.05, 0) is 41.5 Å². The molecule has 0 aromatic heterocycles. The van der Waals surface area contributed by atoms with E-state index >= 15 is 0 Å². The molecule has 0 heterocycles. The van der Waals surface area contributed by atoms with E-state index < -0.39 is 5.91 Å². The highest BCUT2D eigenvalue weighted by Crippen LogP contribution is 2.22. The summed E-state index contributed by atoms with van der Waals surface area (Å²) >= 11 is 0. The zero-order chi connectivity index (χ0) is 13.7. The van der Waals surface area contributed by atoms with Crippen LogP contribution in [0.15, 0.2) is 36.4 Å². The number of hydroxylamine groups is 1. The van der Waals surface area contributed by atoms with Crippen molar-refractivity contribution in [3.8, 4) is 5.75 Å². The van der Waals surface area contributed by atoms with E-state index in [1.165, 1.54) is 0 Å². The first-order chi connectivity index (χ1) is 9.24. The van der Waals surface area contributed by atoms with Crippen LogP contribution in [0.4, 0.5) is 0 Å². The lowest BCUT2D eigenvalue weighted by Crippen LogP contribution is -2.18. The fourth-order valence-corrected chi connectivity index (χ4v) is 1.85. The van der Waals surface area contributed by atoms with E-state index in [0.29, 0.717) is 12.2 Å². The molecule has 0 unspecified atom stereocenters. The van der Waals surface area contributed by atoms with Gasteiger partial charge in [-0.15, -0.1) is 0 Å². The van der Waals surface area contributed by atoms with Gasteiger partial charge in [0.05, 0.1) is 6.61 Å². The van der Waals surface area contributed by atoms with Crippen LogP contribution in [0.25, 0.3) is 10.8 Å². The van der Waals surface area contributed by atoms with Gasteiger partial charge in [0.2, 0.25) is 0 Å². The Morgan fingerprint density at radius 2 is 1.95 bits per heavy atom. The molecule has 0 fully saturated rings. The number of carbonyl (C=O) groups is 1. The van der Waals surface area contributed by atoms with Gasteiger partial charge >= 0.3 is 0 Å². The Bertz CT molecular complexity index is 581. The molecular weight excluding hydrogens is 242 g/mol. The monoisotopic (exact) mass is 259 g/mol. The fraction of sp³-hybridized carbons (Fsp3) is 0.267. The Labute approximate surface area is 112 Å². The molecule has 0 aliphatic carbocycles. The molecule has 0 aliphatic heterocycles. The van der Waals surface area contributed by atoms with Gasteiger partial charge in [0.1, 0.15) is 5.75 Å². The lowest BCUT2D eigenvalue weighted by molar-refractivity contribution is 0.0706. The third-order valence-electron chi connectivity index (χ3n) is 2.94. The van der Waals surface area contributed by atoms with Crippen molar-refractivity contribution in [2.24, 2.45) is 0 Å². The van der Waals surface area contributed by atoms with Crippen LogP contribution in [0.2, 0.25) is 0 Å². The van der Waals surface area contributed by atoms with Gasteiger partial charge in [-0.25, -0.2) is 5.48 Å². The third kappa shape index (κ3) is 3.23.